The molecule has 2 heterocycles. The summed E-state index contributed by atoms with van der Waals surface area (Å²) >= 11 is 0. The van der Waals surface area contributed by atoms with Crippen molar-refractivity contribution in [1.82, 2.24) is 15.1 Å². The number of hydrogen-bond donors (Lipinski definition) is 2. The Kier molecular flexibility index (Phi) is 6.18. The van der Waals surface area contributed by atoms with E-state index in [1.807, 2.05) is 24.8 Å². The van der Waals surface area contributed by atoms with E-state index in [0.29, 0.717) is 32.6 Å². The number of aliphatic hydroxyl groups is 1. The number of hydrogen-bond acceptors (Lipinski definition) is 5. The topological polar surface area (TPSA) is 86.0 Å². The molecule has 0 radical (unpaired) electrons. The Hall–Kier alpha value is -1.86. The van der Waals surface area contributed by atoms with E-state index in [9.17, 15) is 9.59 Å². The minimum Gasteiger partial charge on any atom is -0.472 e. The van der Waals surface area contributed by atoms with Gasteiger partial charge in [-0.2, -0.15) is 0 Å². The first-order valence-electron chi connectivity index (χ1n) is 8.03. The summed E-state index contributed by atoms with van der Waals surface area (Å²) in [5.74, 6) is -0.326. The van der Waals surface area contributed by atoms with Crippen LogP contribution in [0.5, 0.6) is 0 Å². The molecule has 0 bridgehead atoms. The van der Waals surface area contributed by atoms with Gasteiger partial charge in [0.2, 0.25) is 11.8 Å². The van der Waals surface area contributed by atoms with Gasteiger partial charge in [0, 0.05) is 37.8 Å². The maximum Gasteiger partial charge on any atom is 0.245 e. The molecule has 2 atom stereocenters. The van der Waals surface area contributed by atoms with Gasteiger partial charge in [-0.05, 0) is 26.3 Å². The SMILES string of the molecule is CCN(CC)C(=O)[C@@H]1C[C@@H](NC(=O)CO)CN1Cc1ccoc1. The second kappa shape index (κ2) is 8.12. The van der Waals surface area contributed by atoms with Gasteiger partial charge in [-0.25, -0.2) is 0 Å². The van der Waals surface area contributed by atoms with Crippen molar-refractivity contribution in [3.05, 3.63) is 24.2 Å². The number of aliphatic hydroxyl groups excluding tert-OH is 1. The summed E-state index contributed by atoms with van der Waals surface area (Å²) < 4.78 is 5.09. The average molecular weight is 323 g/mol. The Morgan fingerprint density at radius 3 is 2.74 bits per heavy atom. The molecular formula is C16H25N3O4. The van der Waals surface area contributed by atoms with E-state index in [2.05, 4.69) is 10.2 Å². The first kappa shape index (κ1) is 17.5. The van der Waals surface area contributed by atoms with Crippen LogP contribution >= 0.6 is 0 Å². The van der Waals surface area contributed by atoms with Crippen molar-refractivity contribution >= 4 is 11.8 Å². The van der Waals surface area contributed by atoms with Crippen molar-refractivity contribution in [2.75, 3.05) is 26.2 Å². The van der Waals surface area contributed by atoms with E-state index in [0.717, 1.165) is 5.56 Å². The van der Waals surface area contributed by atoms with Crippen LogP contribution in [0.3, 0.4) is 0 Å². The summed E-state index contributed by atoms with van der Waals surface area (Å²) in [4.78, 5) is 28.0. The first-order chi connectivity index (χ1) is 11.1. The fraction of sp³-hybridized carbons (Fsp3) is 0.625. The molecule has 7 heteroatoms. The van der Waals surface area contributed by atoms with Crippen LogP contribution in [0.4, 0.5) is 0 Å². The number of nitrogens with zero attached hydrogens (tertiary/aromatic N) is 2. The molecule has 0 aliphatic carbocycles. The highest BCUT2D eigenvalue weighted by Crippen LogP contribution is 2.23. The van der Waals surface area contributed by atoms with E-state index >= 15 is 0 Å². The fourth-order valence-corrected chi connectivity index (χ4v) is 3.08. The molecule has 2 rings (SSSR count). The number of likely N-dealkylation sites (N-methyl/N-ethyl adjacent to an activating group) is 1. The molecule has 0 aromatic carbocycles. The summed E-state index contributed by atoms with van der Waals surface area (Å²) in [5.41, 5.74) is 0.997. The van der Waals surface area contributed by atoms with Crippen molar-refractivity contribution in [3.8, 4) is 0 Å². The van der Waals surface area contributed by atoms with Crippen LogP contribution in [0, 0.1) is 0 Å². The Labute approximate surface area is 136 Å². The molecule has 1 aliphatic heterocycles. The lowest BCUT2D eigenvalue weighted by Gasteiger charge is -2.28. The van der Waals surface area contributed by atoms with Crippen LogP contribution in [0.25, 0.3) is 0 Å². The Balaban J connectivity index is 2.10. The fourth-order valence-electron chi connectivity index (χ4n) is 3.08. The van der Waals surface area contributed by atoms with Crippen molar-refractivity contribution in [1.29, 1.82) is 0 Å². The van der Waals surface area contributed by atoms with Gasteiger partial charge in [-0.1, -0.05) is 0 Å². The zero-order chi connectivity index (χ0) is 16.8. The number of carbonyl (C=O) groups is 2. The van der Waals surface area contributed by atoms with Crippen molar-refractivity contribution in [3.63, 3.8) is 0 Å². The van der Waals surface area contributed by atoms with Gasteiger partial charge in [-0.3, -0.25) is 14.5 Å². The van der Waals surface area contributed by atoms with E-state index in [-0.39, 0.29) is 18.0 Å². The summed E-state index contributed by atoms with van der Waals surface area (Å²) in [6, 6.07) is 1.47. The Morgan fingerprint density at radius 1 is 1.43 bits per heavy atom. The molecule has 128 valence electrons. The van der Waals surface area contributed by atoms with Gasteiger partial charge in [0.1, 0.15) is 6.61 Å². The monoisotopic (exact) mass is 323 g/mol. The van der Waals surface area contributed by atoms with Crippen LogP contribution < -0.4 is 5.32 Å². The highest BCUT2D eigenvalue weighted by atomic mass is 16.3. The molecule has 1 aromatic rings. The van der Waals surface area contributed by atoms with Crippen LogP contribution in [-0.4, -0.2) is 65.0 Å². The molecule has 2 amide bonds. The molecule has 23 heavy (non-hydrogen) atoms. The largest absolute Gasteiger partial charge is 0.472 e. The molecule has 7 nitrogen and oxygen atoms in total. The summed E-state index contributed by atoms with van der Waals surface area (Å²) in [6.07, 6.45) is 3.83. The quantitative estimate of drug-likeness (QED) is 0.749. The molecule has 0 saturated carbocycles. The van der Waals surface area contributed by atoms with Crippen LogP contribution in [0.2, 0.25) is 0 Å². The highest BCUT2D eigenvalue weighted by molar-refractivity contribution is 5.83. The maximum absolute atomic E-state index is 12.7. The molecule has 1 saturated heterocycles. The molecule has 2 N–H and O–H groups in total. The van der Waals surface area contributed by atoms with Gasteiger partial charge in [0.15, 0.2) is 0 Å². The second-order valence-corrected chi connectivity index (χ2v) is 5.75. The number of carbonyl (C=O) groups excluding carboxylic acids is 2. The first-order valence-corrected chi connectivity index (χ1v) is 8.03. The second-order valence-electron chi connectivity index (χ2n) is 5.75. The van der Waals surface area contributed by atoms with Crippen molar-refractivity contribution in [2.24, 2.45) is 0 Å². The van der Waals surface area contributed by atoms with E-state index < -0.39 is 12.5 Å². The predicted octanol–water partition coefficient (Wildman–Crippen LogP) is 0.199. The van der Waals surface area contributed by atoms with Crippen molar-refractivity contribution < 1.29 is 19.1 Å². The lowest BCUT2D eigenvalue weighted by atomic mass is 10.1. The maximum atomic E-state index is 12.7. The van der Waals surface area contributed by atoms with Crippen LogP contribution in [0.15, 0.2) is 23.0 Å². The molecule has 1 aromatic heterocycles. The minimum absolute atomic E-state index is 0.0826. The average Bonchev–Trinajstić information content (AvgIpc) is 3.18. The normalized spacial score (nSPS) is 21.3. The van der Waals surface area contributed by atoms with Crippen LogP contribution in [0.1, 0.15) is 25.8 Å². The van der Waals surface area contributed by atoms with E-state index in [4.69, 9.17) is 9.52 Å². The summed E-state index contributed by atoms with van der Waals surface area (Å²) in [7, 11) is 0. The third kappa shape index (κ3) is 4.33. The lowest BCUT2D eigenvalue weighted by molar-refractivity contribution is -0.135. The lowest BCUT2D eigenvalue weighted by Crippen LogP contribution is -2.45. The standard InChI is InChI=1S/C16H25N3O4/c1-3-18(4-2)16(22)14-7-13(17-15(21)10-20)9-19(14)8-12-5-6-23-11-12/h5-6,11,13-14,20H,3-4,7-10H2,1-2H3,(H,17,21)/t13-,14+/m1/s1. The number of furan rings is 1. The van der Waals surface area contributed by atoms with Gasteiger partial charge in [0.05, 0.1) is 18.6 Å². The predicted molar refractivity (Wildman–Crippen MR) is 84.5 cm³/mol. The van der Waals surface area contributed by atoms with Gasteiger partial charge in [-0.15, -0.1) is 0 Å². The van der Waals surface area contributed by atoms with Crippen LogP contribution in [-0.2, 0) is 16.1 Å². The van der Waals surface area contributed by atoms with Gasteiger partial charge in [0.25, 0.3) is 0 Å². The van der Waals surface area contributed by atoms with Gasteiger partial charge >= 0.3 is 0 Å². The molecule has 1 fully saturated rings. The zero-order valence-electron chi connectivity index (χ0n) is 13.7. The Morgan fingerprint density at radius 2 is 2.17 bits per heavy atom. The molecule has 0 unspecified atom stereocenters. The Bertz CT molecular complexity index is 513. The zero-order valence-corrected chi connectivity index (χ0v) is 13.7. The number of likely N-dealkylation sites (tertiary alicyclic amines) is 1. The smallest absolute Gasteiger partial charge is 0.245 e. The highest BCUT2D eigenvalue weighted by Gasteiger charge is 2.38. The van der Waals surface area contributed by atoms with E-state index in [1.165, 1.54) is 0 Å². The summed E-state index contributed by atoms with van der Waals surface area (Å²) in [5, 5.41) is 11.7. The third-order valence-corrected chi connectivity index (χ3v) is 4.24. The third-order valence-electron chi connectivity index (χ3n) is 4.24. The molecular weight excluding hydrogens is 298 g/mol. The van der Waals surface area contributed by atoms with Crippen molar-refractivity contribution in [2.45, 2.75) is 38.9 Å². The van der Waals surface area contributed by atoms with E-state index in [1.54, 1.807) is 12.5 Å². The molecule has 0 spiro atoms. The number of nitrogens with one attached hydrogen (secondary N) is 1. The number of amides is 2. The minimum atomic E-state index is -0.535. The number of rotatable bonds is 7. The summed E-state index contributed by atoms with van der Waals surface area (Å²) in [6.45, 7) is 5.89. The molecule has 1 aliphatic rings. The van der Waals surface area contributed by atoms with Gasteiger partial charge < -0.3 is 19.7 Å².